The quantitative estimate of drug-likeness (QED) is 0.525. The number of allylic oxidation sites excluding steroid dienone is 8. The average Bonchev–Trinajstić information content (AvgIpc) is 2.85. The van der Waals surface area contributed by atoms with Crippen molar-refractivity contribution in [3.05, 3.63) is 39.2 Å². The fourth-order valence-corrected chi connectivity index (χ4v) is 17.5. The number of fused-ring (bicyclic) bond motifs is 2. The summed E-state index contributed by atoms with van der Waals surface area (Å²) >= 11 is -0.516. The van der Waals surface area contributed by atoms with Gasteiger partial charge < -0.3 is 24.8 Å². The smallest absolute Gasteiger partial charge is 1.00 e. The first-order chi connectivity index (χ1) is 10.2. The Labute approximate surface area is 173 Å². The maximum atomic E-state index is 2.52. The zero-order valence-corrected chi connectivity index (χ0v) is 21.3. The fourth-order valence-electron chi connectivity index (χ4n) is 5.65. The van der Waals surface area contributed by atoms with Gasteiger partial charge in [0.25, 0.3) is 0 Å². The second kappa shape index (κ2) is 7.71. The molecule has 0 aromatic carbocycles. The zero-order valence-electron chi connectivity index (χ0n) is 16.3. The number of hydrogen-bond donors (Lipinski definition) is 0. The maximum Gasteiger partial charge on any atom is -1.00 e. The zero-order chi connectivity index (χ0) is 16.4. The van der Waals surface area contributed by atoms with E-state index in [4.69, 9.17) is 0 Å². The van der Waals surface area contributed by atoms with Gasteiger partial charge in [0.1, 0.15) is 0 Å². The Morgan fingerprint density at radius 2 is 1.04 bits per heavy atom. The normalized spacial score (nSPS) is 21.6. The Bertz CT molecular complexity index is 620. The summed E-state index contributed by atoms with van der Waals surface area (Å²) in [6, 6.07) is 0. The van der Waals surface area contributed by atoms with Crippen molar-refractivity contribution >= 4 is 8.07 Å². The van der Waals surface area contributed by atoms with Gasteiger partial charge in [-0.3, -0.25) is 0 Å². The Hall–Kier alpha value is 0.640. The van der Waals surface area contributed by atoms with E-state index in [1.165, 1.54) is 12.8 Å². The molecule has 3 aliphatic rings. The van der Waals surface area contributed by atoms with Crippen LogP contribution in [0.25, 0.3) is 0 Å². The first-order valence-corrected chi connectivity index (χ1v) is 13.4. The van der Waals surface area contributed by atoms with E-state index >= 15 is 0 Å². The Balaban J connectivity index is 0.00000144. The summed E-state index contributed by atoms with van der Waals surface area (Å²) in [4.78, 5) is 0. The van der Waals surface area contributed by atoms with Gasteiger partial charge in [0.2, 0.25) is 0 Å². The van der Waals surface area contributed by atoms with Crippen LogP contribution in [0.15, 0.2) is 39.2 Å². The van der Waals surface area contributed by atoms with Crippen molar-refractivity contribution in [2.75, 3.05) is 0 Å². The van der Waals surface area contributed by atoms with Crippen molar-refractivity contribution < 1.29 is 48.0 Å². The molecule has 0 spiro atoms. The molecule has 0 atom stereocenters. The van der Waals surface area contributed by atoms with Crippen LogP contribution in [0.2, 0.25) is 11.1 Å². The van der Waals surface area contributed by atoms with E-state index in [9.17, 15) is 0 Å². The van der Waals surface area contributed by atoms with Crippen molar-refractivity contribution in [1.82, 2.24) is 0 Å². The molecule has 0 saturated heterocycles. The monoisotopic (exact) mass is 458 g/mol. The van der Waals surface area contributed by atoms with E-state index in [2.05, 4.69) is 55.4 Å². The van der Waals surface area contributed by atoms with E-state index in [0.29, 0.717) is 0 Å². The minimum absolute atomic E-state index is 0. The standard InChI is InChI=1S/C20H30Si.2ClH.Zr/c1-13(2)21(14(3)4,19-15(5)9-10-16(19)6)20-17(7)11-12-18(20)8;;;/h13-14H,9,11H2,1-8H3;2*1H;/q;;;+2/p-2. The molecular formula is C20H30Cl2SiZr. The van der Waals surface area contributed by atoms with Crippen LogP contribution in [-0.2, 0) is 23.2 Å². The first-order valence-electron chi connectivity index (χ1n) is 8.80. The van der Waals surface area contributed by atoms with Crippen molar-refractivity contribution in [3.8, 4) is 0 Å². The summed E-state index contributed by atoms with van der Waals surface area (Å²) in [5.74, 6) is 0. The van der Waals surface area contributed by atoms with Crippen LogP contribution >= 0.6 is 0 Å². The molecule has 0 amide bonds. The summed E-state index contributed by atoms with van der Waals surface area (Å²) in [5.41, 5.74) is 8.57. The maximum absolute atomic E-state index is 2.52. The number of rotatable bonds is 2. The van der Waals surface area contributed by atoms with Crippen molar-refractivity contribution in [3.63, 3.8) is 0 Å². The second-order valence-electron chi connectivity index (χ2n) is 8.17. The molecule has 0 fully saturated rings. The third kappa shape index (κ3) is 2.88. The molecule has 0 aromatic rings. The summed E-state index contributed by atoms with van der Waals surface area (Å²) < 4.78 is 3.80. The van der Waals surface area contributed by atoms with Gasteiger partial charge in [0, 0.05) is 0 Å². The molecule has 0 aromatic heterocycles. The molecule has 3 rings (SSSR count). The third-order valence-electron chi connectivity index (χ3n) is 6.34. The summed E-state index contributed by atoms with van der Waals surface area (Å²) in [7, 11) is -1.68. The van der Waals surface area contributed by atoms with E-state index in [1.807, 2.05) is 17.0 Å². The summed E-state index contributed by atoms with van der Waals surface area (Å²) in [5, 5.41) is 3.76. The van der Waals surface area contributed by atoms with E-state index in [-0.39, 0.29) is 24.8 Å². The molecule has 4 bridgehead atoms. The molecule has 1 aliphatic heterocycles. The predicted octanol–water partition coefficient (Wildman–Crippen LogP) is 0.426. The molecule has 2 aliphatic carbocycles. The molecule has 0 unspecified atom stereocenters. The van der Waals surface area contributed by atoms with Gasteiger partial charge >= 0.3 is 150 Å². The van der Waals surface area contributed by atoms with Gasteiger partial charge in [-0.25, -0.2) is 0 Å². The molecule has 24 heavy (non-hydrogen) atoms. The van der Waals surface area contributed by atoms with Gasteiger partial charge in [0.15, 0.2) is 0 Å². The topological polar surface area (TPSA) is 0 Å². The van der Waals surface area contributed by atoms with Crippen LogP contribution in [0, 0.1) is 0 Å². The van der Waals surface area contributed by atoms with Gasteiger partial charge in [0.05, 0.1) is 0 Å². The van der Waals surface area contributed by atoms with Gasteiger partial charge in [-0.05, 0) is 0 Å². The van der Waals surface area contributed by atoms with Gasteiger partial charge in [-0.2, -0.15) is 0 Å². The van der Waals surface area contributed by atoms with Crippen LogP contribution in [-0.4, -0.2) is 8.07 Å². The molecule has 132 valence electrons. The molecule has 0 radical (unpaired) electrons. The molecule has 0 N–H and O–H groups in total. The van der Waals surface area contributed by atoms with Crippen LogP contribution in [0.3, 0.4) is 0 Å². The van der Waals surface area contributed by atoms with Crippen LogP contribution in [0.5, 0.6) is 0 Å². The SMILES string of the molecule is CC1=C2C(C)=[C](C1)[Zr+2][C]1=C(C)C(=C(C)C1)[Si]2(C(C)C)C(C)C.[Cl-].[Cl-]. The number of halogens is 2. The first kappa shape index (κ1) is 22.7. The molecule has 1 heterocycles. The average molecular weight is 461 g/mol. The van der Waals surface area contributed by atoms with Crippen LogP contribution in [0.1, 0.15) is 68.2 Å². The Morgan fingerprint density at radius 3 is 1.33 bits per heavy atom. The second-order valence-corrected chi connectivity index (χ2v) is 16.8. The van der Waals surface area contributed by atoms with Crippen molar-refractivity contribution in [2.45, 2.75) is 79.3 Å². The summed E-state index contributed by atoms with van der Waals surface area (Å²) in [6.07, 6.45) is 2.65. The van der Waals surface area contributed by atoms with E-state index < -0.39 is 31.3 Å². The third-order valence-corrected chi connectivity index (χ3v) is 17.4. The van der Waals surface area contributed by atoms with Gasteiger partial charge in [-0.15, -0.1) is 0 Å². The van der Waals surface area contributed by atoms with Crippen molar-refractivity contribution in [1.29, 1.82) is 0 Å². The minimum Gasteiger partial charge on any atom is -1.00 e. The van der Waals surface area contributed by atoms with Gasteiger partial charge in [-0.1, -0.05) is 0 Å². The Morgan fingerprint density at radius 1 is 0.708 bits per heavy atom. The van der Waals surface area contributed by atoms with Crippen LogP contribution in [0.4, 0.5) is 0 Å². The fraction of sp³-hybridized carbons (Fsp3) is 0.600. The Kier molecular flexibility index (Phi) is 7.29. The summed E-state index contributed by atoms with van der Waals surface area (Å²) in [6.45, 7) is 19.9. The molecule has 0 saturated carbocycles. The number of hydrogen-bond acceptors (Lipinski definition) is 0. The molecule has 0 nitrogen and oxygen atoms in total. The van der Waals surface area contributed by atoms with Crippen LogP contribution < -0.4 is 24.8 Å². The van der Waals surface area contributed by atoms with E-state index in [1.54, 1.807) is 22.3 Å². The molecule has 4 heteroatoms. The predicted molar refractivity (Wildman–Crippen MR) is 96.0 cm³/mol. The minimum atomic E-state index is -1.68. The molecular weight excluding hydrogens is 430 g/mol. The largest absolute Gasteiger partial charge is 1.00 e. The van der Waals surface area contributed by atoms with Crippen molar-refractivity contribution in [2.24, 2.45) is 0 Å². The van der Waals surface area contributed by atoms with E-state index in [0.717, 1.165) is 11.1 Å².